The summed E-state index contributed by atoms with van der Waals surface area (Å²) < 4.78 is 5.10. The number of benzene rings is 1. The van der Waals surface area contributed by atoms with Crippen molar-refractivity contribution in [2.75, 3.05) is 17.8 Å². The Morgan fingerprint density at radius 2 is 1.93 bits per heavy atom. The Kier molecular flexibility index (Phi) is 10.5. The highest BCUT2D eigenvalue weighted by molar-refractivity contribution is 9.08. The highest BCUT2D eigenvalue weighted by Crippen LogP contribution is 2.29. The van der Waals surface area contributed by atoms with Crippen molar-refractivity contribution < 1.29 is 9.53 Å². The topological polar surface area (TPSA) is 38.3 Å². The van der Waals surface area contributed by atoms with Gasteiger partial charge in [-0.15, -0.1) is 11.3 Å². The van der Waals surface area contributed by atoms with E-state index in [1.807, 2.05) is 30.3 Å². The highest BCUT2D eigenvalue weighted by Gasteiger charge is 2.20. The highest BCUT2D eigenvalue weighted by atomic mass is 79.9. The smallest absolute Gasteiger partial charge is 0.349 e. The molecule has 27 heavy (non-hydrogen) atoms. The molecule has 2 aromatic rings. The van der Waals surface area contributed by atoms with Crippen LogP contribution in [0, 0.1) is 13.8 Å². The van der Waals surface area contributed by atoms with Crippen molar-refractivity contribution in [3.05, 3.63) is 57.3 Å². The average molecular weight is 468 g/mol. The molecule has 0 spiro atoms. The van der Waals surface area contributed by atoms with Crippen LogP contribution in [0.2, 0.25) is 0 Å². The number of halogens is 1. The molecule has 1 aromatic heterocycles. The molecule has 0 aliphatic rings. The molecule has 0 amide bonds. The lowest BCUT2D eigenvalue weighted by Crippen LogP contribution is -2.20. The van der Waals surface area contributed by atoms with Gasteiger partial charge in [-0.1, -0.05) is 58.8 Å². The molecule has 6 heteroatoms. The normalized spacial score (nSPS) is 11.0. The second kappa shape index (κ2) is 12.1. The van der Waals surface area contributed by atoms with Crippen LogP contribution < -0.4 is 5.32 Å². The molecule has 0 fully saturated rings. The number of hydrogen-bond acceptors (Lipinski definition) is 5. The van der Waals surface area contributed by atoms with E-state index in [0.717, 1.165) is 27.4 Å². The number of anilines is 1. The molecule has 0 bridgehead atoms. The fraction of sp³-hybridized carbons (Fsp3) is 0.333. The SMILES string of the molecule is CBr.CCOC(=O)C(=S)/C(CC)=C(\Nc1ccc(C)cc1C)c1cccs1. The lowest BCUT2D eigenvalue weighted by Gasteiger charge is -2.17. The van der Waals surface area contributed by atoms with Gasteiger partial charge in [-0.05, 0) is 56.1 Å². The zero-order chi connectivity index (χ0) is 20.4. The lowest BCUT2D eigenvalue weighted by molar-refractivity contribution is -0.134. The van der Waals surface area contributed by atoms with Crippen LogP contribution in [0.4, 0.5) is 5.69 Å². The number of alkyl halides is 1. The van der Waals surface area contributed by atoms with Crippen LogP contribution in [0.15, 0.2) is 41.3 Å². The molecule has 0 aliphatic heterocycles. The van der Waals surface area contributed by atoms with Gasteiger partial charge in [0, 0.05) is 11.3 Å². The first-order chi connectivity index (χ1) is 13.0. The Balaban J connectivity index is 0.00000176. The summed E-state index contributed by atoms with van der Waals surface area (Å²) in [4.78, 5) is 13.4. The minimum atomic E-state index is -0.439. The van der Waals surface area contributed by atoms with Gasteiger partial charge in [0.05, 0.1) is 17.2 Å². The molecule has 0 unspecified atom stereocenters. The third-order valence-electron chi connectivity index (χ3n) is 3.80. The van der Waals surface area contributed by atoms with Gasteiger partial charge in [-0.2, -0.15) is 0 Å². The Bertz CT molecular complexity index is 799. The quantitative estimate of drug-likeness (QED) is 0.217. The summed E-state index contributed by atoms with van der Waals surface area (Å²) in [6, 6.07) is 10.3. The van der Waals surface area contributed by atoms with Crippen molar-refractivity contribution in [3.8, 4) is 0 Å². The number of esters is 1. The van der Waals surface area contributed by atoms with Gasteiger partial charge in [-0.3, -0.25) is 0 Å². The Labute approximate surface area is 180 Å². The van der Waals surface area contributed by atoms with Crippen molar-refractivity contribution in [1.82, 2.24) is 0 Å². The minimum absolute atomic E-state index is 0.241. The molecule has 1 aromatic carbocycles. The maximum atomic E-state index is 12.2. The van der Waals surface area contributed by atoms with Crippen LogP contribution >= 0.6 is 39.5 Å². The van der Waals surface area contributed by atoms with E-state index >= 15 is 0 Å². The van der Waals surface area contributed by atoms with Crippen molar-refractivity contribution in [3.63, 3.8) is 0 Å². The summed E-state index contributed by atoms with van der Waals surface area (Å²) >= 11 is 9.97. The summed E-state index contributed by atoms with van der Waals surface area (Å²) in [5, 5.41) is 5.51. The summed E-state index contributed by atoms with van der Waals surface area (Å²) in [5.74, 6) is 1.37. The van der Waals surface area contributed by atoms with E-state index in [2.05, 4.69) is 53.3 Å². The summed E-state index contributed by atoms with van der Waals surface area (Å²) in [6.07, 6.45) is 0.642. The summed E-state index contributed by atoms with van der Waals surface area (Å²) in [5.41, 5.74) is 5.04. The van der Waals surface area contributed by atoms with E-state index in [1.54, 1.807) is 18.3 Å². The van der Waals surface area contributed by atoms with E-state index in [-0.39, 0.29) is 4.86 Å². The van der Waals surface area contributed by atoms with E-state index in [4.69, 9.17) is 17.0 Å². The number of ether oxygens (including phenoxy) is 1. The maximum absolute atomic E-state index is 12.2. The molecule has 1 heterocycles. The predicted octanol–water partition coefficient (Wildman–Crippen LogP) is 6.54. The third-order valence-corrected chi connectivity index (χ3v) is 5.10. The first kappa shape index (κ1) is 23.5. The zero-order valence-corrected chi connectivity index (χ0v) is 19.6. The monoisotopic (exact) mass is 467 g/mol. The second-order valence-corrected chi connectivity index (χ2v) is 7.03. The fourth-order valence-electron chi connectivity index (χ4n) is 2.57. The number of carbonyl (C=O) groups excluding carboxylic acids is 1. The first-order valence-corrected chi connectivity index (χ1v) is 11.6. The largest absolute Gasteiger partial charge is 0.462 e. The zero-order valence-electron chi connectivity index (χ0n) is 16.4. The molecule has 0 radical (unpaired) electrons. The number of hydrogen-bond donors (Lipinski definition) is 1. The number of carbonyl (C=O) groups is 1. The van der Waals surface area contributed by atoms with Gasteiger partial charge in [0.15, 0.2) is 0 Å². The van der Waals surface area contributed by atoms with Gasteiger partial charge >= 0.3 is 5.97 Å². The van der Waals surface area contributed by atoms with Crippen molar-refractivity contribution in [2.24, 2.45) is 0 Å². The first-order valence-electron chi connectivity index (χ1n) is 8.68. The summed E-state index contributed by atoms with van der Waals surface area (Å²) in [7, 11) is 0. The van der Waals surface area contributed by atoms with Gasteiger partial charge in [0.1, 0.15) is 4.86 Å². The van der Waals surface area contributed by atoms with Crippen molar-refractivity contribution in [1.29, 1.82) is 0 Å². The number of thiophene rings is 1. The van der Waals surface area contributed by atoms with Crippen LogP contribution in [-0.4, -0.2) is 23.3 Å². The fourth-order valence-corrected chi connectivity index (χ4v) is 3.62. The standard InChI is InChI=1S/C20H23NO2S2.CH3Br/c1-5-15(19(24)20(22)23-6-2)18(17-8-7-11-25-17)21-16-10-9-13(3)12-14(16)4;1-2/h7-12,21H,5-6H2,1-4H3;1H3/b18-15-;. The molecule has 0 atom stereocenters. The van der Waals surface area contributed by atoms with Crippen LogP contribution in [0.5, 0.6) is 0 Å². The second-order valence-electron chi connectivity index (χ2n) is 5.68. The van der Waals surface area contributed by atoms with E-state index < -0.39 is 5.97 Å². The van der Waals surface area contributed by atoms with Gasteiger partial charge in [-0.25, -0.2) is 4.79 Å². The summed E-state index contributed by atoms with van der Waals surface area (Å²) in [6.45, 7) is 8.23. The molecule has 2 rings (SSSR count). The van der Waals surface area contributed by atoms with E-state index in [0.29, 0.717) is 13.0 Å². The molecular weight excluding hydrogens is 442 g/mol. The maximum Gasteiger partial charge on any atom is 0.349 e. The Morgan fingerprint density at radius 1 is 1.22 bits per heavy atom. The van der Waals surface area contributed by atoms with Gasteiger partial charge in [0.25, 0.3) is 0 Å². The third kappa shape index (κ3) is 6.55. The van der Waals surface area contributed by atoms with E-state index in [9.17, 15) is 4.79 Å². The molecular formula is C21H26BrNO2S2. The molecule has 146 valence electrons. The number of nitrogens with one attached hydrogen (secondary N) is 1. The molecule has 0 saturated heterocycles. The lowest BCUT2D eigenvalue weighted by atomic mass is 10.0. The average Bonchev–Trinajstić information content (AvgIpc) is 3.19. The molecule has 0 saturated carbocycles. The Morgan fingerprint density at radius 3 is 2.44 bits per heavy atom. The van der Waals surface area contributed by atoms with Crippen molar-refractivity contribution >= 4 is 61.7 Å². The van der Waals surface area contributed by atoms with E-state index in [1.165, 1.54) is 5.56 Å². The van der Waals surface area contributed by atoms with Gasteiger partial charge < -0.3 is 10.1 Å². The molecule has 0 aliphatic carbocycles. The van der Waals surface area contributed by atoms with Crippen LogP contribution in [0.1, 0.15) is 36.3 Å². The molecule has 1 N–H and O–H groups in total. The molecule has 3 nitrogen and oxygen atoms in total. The van der Waals surface area contributed by atoms with Crippen molar-refractivity contribution in [2.45, 2.75) is 34.1 Å². The predicted molar refractivity (Wildman–Crippen MR) is 125 cm³/mol. The van der Waals surface area contributed by atoms with Crippen LogP contribution in [-0.2, 0) is 9.53 Å². The number of thiocarbonyl (C=S) groups is 1. The van der Waals surface area contributed by atoms with Crippen LogP contribution in [0.25, 0.3) is 5.70 Å². The van der Waals surface area contributed by atoms with Gasteiger partial charge in [0.2, 0.25) is 0 Å². The number of aryl methyl sites for hydroxylation is 2. The van der Waals surface area contributed by atoms with Crippen LogP contribution in [0.3, 0.4) is 0 Å². The Hall–Kier alpha value is -1.50. The number of rotatable bonds is 7. The minimum Gasteiger partial charge on any atom is -0.462 e.